The van der Waals surface area contributed by atoms with E-state index in [-0.39, 0.29) is 16.5 Å². The molecular formula is C20H20N4O5S. The second-order valence-electron chi connectivity index (χ2n) is 6.67. The number of anilines is 1. The van der Waals surface area contributed by atoms with E-state index in [9.17, 15) is 8.42 Å². The predicted octanol–water partition coefficient (Wildman–Crippen LogP) is 3.20. The molecule has 0 bridgehead atoms. The van der Waals surface area contributed by atoms with Gasteiger partial charge in [-0.15, -0.1) is 0 Å². The van der Waals surface area contributed by atoms with Crippen molar-refractivity contribution in [2.45, 2.75) is 18.4 Å². The number of sulfonamides is 1. The zero-order valence-corrected chi connectivity index (χ0v) is 17.4. The van der Waals surface area contributed by atoms with Crippen molar-refractivity contribution in [3.05, 3.63) is 59.9 Å². The van der Waals surface area contributed by atoms with E-state index >= 15 is 0 Å². The third kappa shape index (κ3) is 3.69. The van der Waals surface area contributed by atoms with Crippen molar-refractivity contribution in [3.8, 4) is 11.5 Å². The first-order valence-corrected chi connectivity index (χ1v) is 10.5. The van der Waals surface area contributed by atoms with Crippen molar-refractivity contribution in [1.29, 1.82) is 0 Å². The van der Waals surface area contributed by atoms with Gasteiger partial charge in [0.05, 0.1) is 20.8 Å². The summed E-state index contributed by atoms with van der Waals surface area (Å²) in [5.41, 5.74) is 2.14. The zero-order valence-electron chi connectivity index (χ0n) is 16.6. The van der Waals surface area contributed by atoms with Crippen molar-refractivity contribution in [1.82, 2.24) is 14.9 Å². The summed E-state index contributed by atoms with van der Waals surface area (Å²) in [7, 11) is -1.06. The van der Waals surface area contributed by atoms with Crippen LogP contribution in [0.1, 0.15) is 11.1 Å². The van der Waals surface area contributed by atoms with Crippen molar-refractivity contribution < 1.29 is 22.4 Å². The molecule has 0 saturated carbocycles. The summed E-state index contributed by atoms with van der Waals surface area (Å²) in [5.74, 6) is 0.711. The Morgan fingerprint density at radius 1 is 1.13 bits per heavy atom. The van der Waals surface area contributed by atoms with Gasteiger partial charge in [-0.25, -0.2) is 8.42 Å². The minimum absolute atomic E-state index is 0.000944. The van der Waals surface area contributed by atoms with Crippen molar-refractivity contribution in [3.63, 3.8) is 0 Å². The lowest BCUT2D eigenvalue weighted by Gasteiger charge is -2.11. The molecule has 4 rings (SSSR count). The first-order chi connectivity index (χ1) is 14.4. The highest BCUT2D eigenvalue weighted by molar-refractivity contribution is 7.92. The van der Waals surface area contributed by atoms with Crippen LogP contribution in [0.5, 0.6) is 11.5 Å². The number of aromatic nitrogens is 3. The minimum Gasteiger partial charge on any atom is -0.496 e. The first-order valence-electron chi connectivity index (χ1n) is 9.02. The van der Waals surface area contributed by atoms with E-state index in [2.05, 4.69) is 15.0 Å². The number of methoxy groups -OCH3 is 2. The molecule has 0 amide bonds. The van der Waals surface area contributed by atoms with E-state index in [4.69, 9.17) is 14.0 Å². The quantitative estimate of drug-likeness (QED) is 0.481. The van der Waals surface area contributed by atoms with Gasteiger partial charge in [-0.1, -0.05) is 11.2 Å². The van der Waals surface area contributed by atoms with E-state index in [1.54, 1.807) is 35.1 Å². The number of rotatable bonds is 7. The number of nitrogens with one attached hydrogen (secondary N) is 1. The molecule has 2 heterocycles. The third-order valence-electron chi connectivity index (χ3n) is 4.56. The summed E-state index contributed by atoms with van der Waals surface area (Å²) in [4.78, 5) is 0.000944. The lowest BCUT2D eigenvalue weighted by molar-refractivity contribution is 0.402. The monoisotopic (exact) mass is 428 g/mol. The molecule has 0 spiro atoms. The number of nitrogens with zero attached hydrogens (tertiary/aromatic N) is 3. The lowest BCUT2D eigenvalue weighted by atomic mass is 10.1. The van der Waals surface area contributed by atoms with Gasteiger partial charge >= 0.3 is 0 Å². The van der Waals surface area contributed by atoms with Crippen molar-refractivity contribution >= 4 is 26.8 Å². The fourth-order valence-corrected chi connectivity index (χ4v) is 4.33. The second kappa shape index (κ2) is 7.71. The van der Waals surface area contributed by atoms with Crippen LogP contribution in [0.25, 0.3) is 11.0 Å². The van der Waals surface area contributed by atoms with Gasteiger partial charge < -0.3 is 14.0 Å². The van der Waals surface area contributed by atoms with Crippen molar-refractivity contribution in [2.24, 2.45) is 0 Å². The molecule has 0 aliphatic carbocycles. The van der Waals surface area contributed by atoms with Crippen LogP contribution in [0.2, 0.25) is 0 Å². The molecular weight excluding hydrogens is 408 g/mol. The SMILES string of the molecule is COc1cc(C)ccc1S(=O)(=O)Nc1noc2cc(Cn3cccn3)cc(OC)c12. The normalized spacial score (nSPS) is 11.6. The van der Waals surface area contributed by atoms with E-state index in [0.717, 1.165) is 11.1 Å². The second-order valence-corrected chi connectivity index (χ2v) is 8.32. The highest BCUT2D eigenvalue weighted by Crippen LogP contribution is 2.35. The van der Waals surface area contributed by atoms with Crippen LogP contribution in [-0.2, 0) is 16.6 Å². The number of aryl methyl sites for hydroxylation is 1. The zero-order chi connectivity index (χ0) is 21.3. The van der Waals surface area contributed by atoms with Crippen molar-refractivity contribution in [2.75, 3.05) is 18.9 Å². The van der Waals surface area contributed by atoms with Crippen LogP contribution in [0.4, 0.5) is 5.82 Å². The van der Waals surface area contributed by atoms with E-state index in [1.165, 1.54) is 20.3 Å². The highest BCUT2D eigenvalue weighted by Gasteiger charge is 2.24. The smallest absolute Gasteiger partial charge is 0.266 e. The van der Waals surface area contributed by atoms with Gasteiger partial charge in [-0.3, -0.25) is 9.40 Å². The Bertz CT molecular complexity index is 1300. The summed E-state index contributed by atoms with van der Waals surface area (Å²) >= 11 is 0. The van der Waals surface area contributed by atoms with Crippen LogP contribution in [0.3, 0.4) is 0 Å². The van der Waals surface area contributed by atoms with Crippen LogP contribution in [-0.4, -0.2) is 37.6 Å². The van der Waals surface area contributed by atoms with Crippen LogP contribution in [0.15, 0.2) is 58.2 Å². The number of hydrogen-bond donors (Lipinski definition) is 1. The maximum atomic E-state index is 13.0. The van der Waals surface area contributed by atoms with Gasteiger partial charge in [0, 0.05) is 12.4 Å². The average molecular weight is 428 g/mol. The van der Waals surface area contributed by atoms with E-state index in [0.29, 0.717) is 23.3 Å². The molecule has 0 saturated heterocycles. The molecule has 10 heteroatoms. The molecule has 0 unspecified atom stereocenters. The fourth-order valence-electron chi connectivity index (χ4n) is 3.17. The molecule has 0 aliphatic heterocycles. The Balaban J connectivity index is 1.73. The van der Waals surface area contributed by atoms with E-state index < -0.39 is 10.0 Å². The predicted molar refractivity (Wildman–Crippen MR) is 110 cm³/mol. The highest BCUT2D eigenvalue weighted by atomic mass is 32.2. The van der Waals surface area contributed by atoms with Gasteiger partial charge in [0.15, 0.2) is 11.4 Å². The largest absolute Gasteiger partial charge is 0.496 e. The molecule has 156 valence electrons. The Morgan fingerprint density at radius 2 is 1.93 bits per heavy atom. The summed E-state index contributed by atoms with van der Waals surface area (Å²) in [6.45, 7) is 2.35. The van der Waals surface area contributed by atoms with Gasteiger partial charge in [-0.05, 0) is 48.4 Å². The minimum atomic E-state index is -3.98. The Morgan fingerprint density at radius 3 is 2.63 bits per heavy atom. The third-order valence-corrected chi connectivity index (χ3v) is 5.94. The molecule has 0 radical (unpaired) electrons. The molecule has 0 aliphatic rings. The number of fused-ring (bicyclic) bond motifs is 1. The van der Waals surface area contributed by atoms with Gasteiger partial charge in [0.25, 0.3) is 10.0 Å². The lowest BCUT2D eigenvalue weighted by Crippen LogP contribution is -2.14. The molecule has 0 atom stereocenters. The molecule has 4 aromatic rings. The summed E-state index contributed by atoms with van der Waals surface area (Å²) < 4.78 is 46.3. The topological polar surface area (TPSA) is 108 Å². The summed E-state index contributed by atoms with van der Waals surface area (Å²) in [5, 5.41) is 8.53. The first kappa shape index (κ1) is 19.8. The van der Waals surface area contributed by atoms with E-state index in [1.807, 2.05) is 19.2 Å². The van der Waals surface area contributed by atoms with Gasteiger partial charge in [0.1, 0.15) is 21.8 Å². The molecule has 9 nitrogen and oxygen atoms in total. The molecule has 2 aromatic carbocycles. The number of ether oxygens (including phenoxy) is 2. The Hall–Kier alpha value is -3.53. The van der Waals surface area contributed by atoms with Crippen LogP contribution >= 0.6 is 0 Å². The maximum absolute atomic E-state index is 13.0. The molecule has 2 aromatic heterocycles. The fraction of sp³-hybridized carbons (Fsp3) is 0.200. The Labute approximate surface area is 173 Å². The summed E-state index contributed by atoms with van der Waals surface area (Å²) in [6, 6.07) is 10.2. The molecule has 0 fully saturated rings. The van der Waals surface area contributed by atoms with Crippen LogP contribution < -0.4 is 14.2 Å². The van der Waals surface area contributed by atoms with Gasteiger partial charge in [-0.2, -0.15) is 5.10 Å². The van der Waals surface area contributed by atoms with Crippen LogP contribution in [0, 0.1) is 6.92 Å². The Kier molecular flexibility index (Phi) is 5.08. The molecule has 1 N–H and O–H groups in total. The number of benzene rings is 2. The summed E-state index contributed by atoms with van der Waals surface area (Å²) in [6.07, 6.45) is 3.53. The van der Waals surface area contributed by atoms with Gasteiger partial charge in [0.2, 0.25) is 0 Å². The number of hydrogen-bond acceptors (Lipinski definition) is 7. The standard InChI is InChI=1S/C20H20N4O5S/c1-13-5-6-18(15(9-13)27-2)30(25,26)23-20-19-16(28-3)10-14(11-17(19)29-22-20)12-24-8-4-7-21-24/h4-11H,12H2,1-3H3,(H,22,23). The maximum Gasteiger partial charge on any atom is 0.266 e. The average Bonchev–Trinajstić information content (AvgIpc) is 3.37. The molecule has 30 heavy (non-hydrogen) atoms.